The number of nitrogens with zero attached hydrogens (tertiary/aromatic N) is 2. The van der Waals surface area contributed by atoms with Crippen molar-refractivity contribution in [2.45, 2.75) is 56.7 Å². The van der Waals surface area contributed by atoms with Crippen LogP contribution < -0.4 is 15.5 Å². The summed E-state index contributed by atoms with van der Waals surface area (Å²) in [7, 11) is 1.61. The van der Waals surface area contributed by atoms with Gasteiger partial charge in [-0.1, -0.05) is 19.1 Å². The van der Waals surface area contributed by atoms with Crippen LogP contribution in [-0.4, -0.2) is 71.7 Å². The van der Waals surface area contributed by atoms with Crippen LogP contribution in [0.25, 0.3) is 0 Å². The summed E-state index contributed by atoms with van der Waals surface area (Å²) in [5.41, 5.74) is -0.268. The molecule has 0 aliphatic carbocycles. The van der Waals surface area contributed by atoms with Crippen molar-refractivity contribution in [3.63, 3.8) is 0 Å². The van der Waals surface area contributed by atoms with Crippen molar-refractivity contribution in [1.29, 1.82) is 0 Å². The van der Waals surface area contributed by atoms with Crippen molar-refractivity contribution >= 4 is 29.1 Å². The fraction of sp³-hybridized carbons (Fsp3) is 0.560. The summed E-state index contributed by atoms with van der Waals surface area (Å²) in [6, 6.07) is 4.75. The first-order chi connectivity index (χ1) is 16.3. The highest BCUT2D eigenvalue weighted by molar-refractivity contribution is 6.07. The fourth-order valence-corrected chi connectivity index (χ4v) is 5.25. The fourth-order valence-electron chi connectivity index (χ4n) is 5.25. The van der Waals surface area contributed by atoms with Crippen LogP contribution in [0.1, 0.15) is 44.6 Å². The SMILES string of the molecule is C[C@H](/C=C/CC(=O)N1CCC[C@H]1CO)[C@@]1(O)C(=O)N(C)c2ccc(NC(=O)[C@H]3CCCN3)cc21. The van der Waals surface area contributed by atoms with E-state index in [9.17, 15) is 24.6 Å². The van der Waals surface area contributed by atoms with Crippen LogP contribution in [0.15, 0.2) is 30.4 Å². The highest BCUT2D eigenvalue weighted by Gasteiger charge is 2.51. The second-order valence-corrected chi connectivity index (χ2v) is 9.49. The first-order valence-electron chi connectivity index (χ1n) is 12.0. The van der Waals surface area contributed by atoms with E-state index in [-0.39, 0.29) is 36.9 Å². The molecule has 0 saturated carbocycles. The molecule has 0 spiro atoms. The molecule has 184 valence electrons. The number of nitrogens with one attached hydrogen (secondary N) is 2. The third-order valence-corrected chi connectivity index (χ3v) is 7.33. The first-order valence-corrected chi connectivity index (χ1v) is 12.0. The number of aliphatic hydroxyl groups excluding tert-OH is 1. The van der Waals surface area contributed by atoms with Crippen LogP contribution in [0.5, 0.6) is 0 Å². The molecule has 9 heteroatoms. The van der Waals surface area contributed by atoms with Gasteiger partial charge in [-0.25, -0.2) is 0 Å². The topological polar surface area (TPSA) is 122 Å². The lowest BCUT2D eigenvalue weighted by Gasteiger charge is -2.27. The van der Waals surface area contributed by atoms with Gasteiger partial charge in [0.2, 0.25) is 11.8 Å². The molecule has 4 rings (SSSR count). The van der Waals surface area contributed by atoms with Gasteiger partial charge >= 0.3 is 0 Å². The van der Waals surface area contributed by atoms with Gasteiger partial charge in [0.15, 0.2) is 5.60 Å². The number of aliphatic hydroxyl groups is 2. The van der Waals surface area contributed by atoms with Gasteiger partial charge in [0.25, 0.3) is 5.91 Å². The first kappa shape index (κ1) is 24.4. The lowest BCUT2D eigenvalue weighted by atomic mass is 9.82. The molecule has 2 fully saturated rings. The predicted molar refractivity (Wildman–Crippen MR) is 128 cm³/mol. The molecule has 4 N–H and O–H groups in total. The summed E-state index contributed by atoms with van der Waals surface area (Å²) in [6.45, 7) is 3.14. The molecule has 3 aliphatic heterocycles. The average molecular weight is 471 g/mol. The smallest absolute Gasteiger partial charge is 0.264 e. The third-order valence-electron chi connectivity index (χ3n) is 7.33. The molecule has 9 nitrogen and oxygen atoms in total. The lowest BCUT2D eigenvalue weighted by Crippen LogP contribution is -2.43. The third kappa shape index (κ3) is 4.35. The minimum Gasteiger partial charge on any atom is -0.394 e. The Bertz CT molecular complexity index is 990. The summed E-state index contributed by atoms with van der Waals surface area (Å²) in [4.78, 5) is 41.3. The molecule has 0 aromatic heterocycles. The highest BCUT2D eigenvalue weighted by Crippen LogP contribution is 2.45. The van der Waals surface area contributed by atoms with Crippen molar-refractivity contribution < 1.29 is 24.6 Å². The van der Waals surface area contributed by atoms with Crippen molar-refractivity contribution in [1.82, 2.24) is 10.2 Å². The highest BCUT2D eigenvalue weighted by atomic mass is 16.3. The van der Waals surface area contributed by atoms with Crippen molar-refractivity contribution in [2.24, 2.45) is 5.92 Å². The second kappa shape index (κ2) is 9.85. The van der Waals surface area contributed by atoms with Crippen LogP contribution in [0.2, 0.25) is 0 Å². The number of hydrogen-bond acceptors (Lipinski definition) is 6. The van der Waals surface area contributed by atoms with Gasteiger partial charge in [0, 0.05) is 37.2 Å². The number of likely N-dealkylation sites (N-methyl/N-ethyl adjacent to an activating group) is 1. The maximum absolute atomic E-state index is 13.1. The van der Waals surface area contributed by atoms with E-state index in [1.54, 1.807) is 49.2 Å². The van der Waals surface area contributed by atoms with Crippen LogP contribution in [0.4, 0.5) is 11.4 Å². The van der Waals surface area contributed by atoms with Crippen molar-refractivity contribution in [3.8, 4) is 0 Å². The van der Waals surface area contributed by atoms with E-state index in [4.69, 9.17) is 0 Å². The van der Waals surface area contributed by atoms with Crippen LogP contribution in [-0.2, 0) is 20.0 Å². The molecule has 3 heterocycles. The Balaban J connectivity index is 1.50. The average Bonchev–Trinajstić information content (AvgIpc) is 3.57. The predicted octanol–water partition coefficient (Wildman–Crippen LogP) is 1.11. The number of hydrogen-bond donors (Lipinski definition) is 4. The van der Waals surface area contributed by atoms with Crippen LogP contribution >= 0.6 is 0 Å². The summed E-state index contributed by atoms with van der Waals surface area (Å²) < 4.78 is 0. The van der Waals surface area contributed by atoms with E-state index < -0.39 is 17.4 Å². The van der Waals surface area contributed by atoms with Gasteiger partial charge in [-0.15, -0.1) is 0 Å². The Hall–Kier alpha value is -2.75. The van der Waals surface area contributed by atoms with Gasteiger partial charge in [0.05, 0.1) is 24.4 Å². The summed E-state index contributed by atoms with van der Waals surface area (Å²) in [6.07, 6.45) is 6.92. The van der Waals surface area contributed by atoms with E-state index in [2.05, 4.69) is 10.6 Å². The van der Waals surface area contributed by atoms with E-state index in [0.717, 1.165) is 32.2 Å². The van der Waals surface area contributed by atoms with E-state index in [1.165, 1.54) is 4.90 Å². The maximum atomic E-state index is 13.1. The minimum absolute atomic E-state index is 0.0427. The minimum atomic E-state index is -1.81. The number of fused-ring (bicyclic) bond motifs is 1. The zero-order chi connectivity index (χ0) is 24.5. The summed E-state index contributed by atoms with van der Waals surface area (Å²) in [5.74, 6) is -1.26. The Morgan fingerprint density at radius 1 is 1.32 bits per heavy atom. The van der Waals surface area contributed by atoms with E-state index in [0.29, 0.717) is 23.5 Å². The Morgan fingerprint density at radius 2 is 2.12 bits per heavy atom. The zero-order valence-corrected chi connectivity index (χ0v) is 19.8. The molecule has 3 aliphatic rings. The van der Waals surface area contributed by atoms with Gasteiger partial charge in [-0.3, -0.25) is 14.4 Å². The monoisotopic (exact) mass is 470 g/mol. The molecular weight excluding hydrogens is 436 g/mol. The second-order valence-electron chi connectivity index (χ2n) is 9.49. The van der Waals surface area contributed by atoms with Gasteiger partial charge in [0.1, 0.15) is 0 Å². The van der Waals surface area contributed by atoms with Crippen molar-refractivity contribution in [2.75, 3.05) is 37.0 Å². The molecule has 0 radical (unpaired) electrons. The maximum Gasteiger partial charge on any atom is 0.264 e. The van der Waals surface area contributed by atoms with Crippen LogP contribution in [0, 0.1) is 5.92 Å². The number of carbonyl (C=O) groups excluding carboxylic acids is 3. The molecule has 34 heavy (non-hydrogen) atoms. The molecule has 0 unspecified atom stereocenters. The molecule has 1 aromatic rings. The quantitative estimate of drug-likeness (QED) is 0.443. The molecule has 2 saturated heterocycles. The van der Waals surface area contributed by atoms with E-state index >= 15 is 0 Å². The van der Waals surface area contributed by atoms with Crippen LogP contribution in [0.3, 0.4) is 0 Å². The van der Waals surface area contributed by atoms with Gasteiger partial charge in [-0.05, 0) is 50.4 Å². The Morgan fingerprint density at radius 3 is 2.82 bits per heavy atom. The lowest BCUT2D eigenvalue weighted by molar-refractivity contribution is -0.139. The molecular formula is C25H34N4O5. The molecule has 1 aromatic carbocycles. The standard InChI is InChI=1S/C25H34N4O5/c1-16(6-3-9-22(31)29-13-5-7-18(29)15-30)25(34)19-14-17(10-11-21(19)28(2)24(25)33)27-23(32)20-8-4-12-26-20/h3,6,10-11,14,16,18,20,26,30,34H,4-5,7-9,12-13,15H2,1-2H3,(H,27,32)/b6-3+/t16-,18+,20-,25+/m1/s1. The molecule has 4 atom stereocenters. The van der Waals surface area contributed by atoms with E-state index in [1.807, 2.05) is 0 Å². The number of rotatable bonds is 7. The van der Waals surface area contributed by atoms with Crippen molar-refractivity contribution in [3.05, 3.63) is 35.9 Å². The normalized spacial score (nSPS) is 27.5. The number of anilines is 2. The molecule has 0 bridgehead atoms. The van der Waals surface area contributed by atoms with Gasteiger partial charge < -0.3 is 30.6 Å². The number of likely N-dealkylation sites (tertiary alicyclic amines) is 1. The summed E-state index contributed by atoms with van der Waals surface area (Å²) in [5, 5.41) is 27.1. The van der Waals surface area contributed by atoms with Gasteiger partial charge in [-0.2, -0.15) is 0 Å². The summed E-state index contributed by atoms with van der Waals surface area (Å²) >= 11 is 0. The zero-order valence-electron chi connectivity index (χ0n) is 19.8. The molecule has 3 amide bonds. The number of carbonyl (C=O) groups is 3. The largest absolute Gasteiger partial charge is 0.394 e. The number of amides is 3. The number of benzene rings is 1. The Kier molecular flexibility index (Phi) is 7.06. The Labute approximate surface area is 199 Å².